The molecule has 1 N–H and O–H groups in total. The molecule has 2 atom stereocenters. The molecule has 0 spiro atoms. The van der Waals surface area contributed by atoms with Gasteiger partial charge in [0.25, 0.3) is 0 Å². The van der Waals surface area contributed by atoms with E-state index in [1.807, 2.05) is 13.1 Å². The monoisotopic (exact) mass is 232 g/mol. The molecule has 0 bridgehead atoms. The highest BCUT2D eigenvalue weighted by Gasteiger charge is 2.39. The van der Waals surface area contributed by atoms with Crippen LogP contribution >= 0.6 is 0 Å². The predicted molar refractivity (Wildman–Crippen MR) is 69.0 cm³/mol. The summed E-state index contributed by atoms with van der Waals surface area (Å²) >= 11 is 0. The maximum Gasteiger partial charge on any atom is 0.317 e. The SMILES string of the molecule is CCCN(C)C(=O)N[C@@H]1C[C@@H]1c1ccccc1. The van der Waals surface area contributed by atoms with Gasteiger partial charge in [0.2, 0.25) is 0 Å². The van der Waals surface area contributed by atoms with Crippen LogP contribution in [-0.4, -0.2) is 30.6 Å². The molecule has 92 valence electrons. The standard InChI is InChI=1S/C14H20N2O/c1-3-9-16(2)14(17)15-13-10-12(13)11-7-5-4-6-8-11/h4-8,12-13H,3,9-10H2,1-2H3,(H,15,17)/t12-,13-/m1/s1. The van der Waals surface area contributed by atoms with E-state index in [9.17, 15) is 4.79 Å². The van der Waals surface area contributed by atoms with Gasteiger partial charge in [0, 0.05) is 25.6 Å². The number of urea groups is 1. The van der Waals surface area contributed by atoms with Crippen LogP contribution in [0.25, 0.3) is 0 Å². The van der Waals surface area contributed by atoms with Crippen molar-refractivity contribution >= 4 is 6.03 Å². The molecule has 2 rings (SSSR count). The summed E-state index contributed by atoms with van der Waals surface area (Å²) in [6.07, 6.45) is 2.06. The zero-order valence-electron chi connectivity index (χ0n) is 10.5. The number of carbonyl (C=O) groups excluding carboxylic acids is 1. The Morgan fingerprint density at radius 1 is 1.41 bits per heavy atom. The minimum atomic E-state index is 0.0512. The number of hydrogen-bond acceptors (Lipinski definition) is 1. The fourth-order valence-electron chi connectivity index (χ4n) is 2.13. The van der Waals surface area contributed by atoms with Crippen molar-refractivity contribution in [1.29, 1.82) is 0 Å². The third-order valence-corrected chi connectivity index (χ3v) is 3.23. The Morgan fingerprint density at radius 3 is 2.76 bits per heavy atom. The topological polar surface area (TPSA) is 32.3 Å². The van der Waals surface area contributed by atoms with Crippen LogP contribution in [0.3, 0.4) is 0 Å². The van der Waals surface area contributed by atoms with Crippen LogP contribution < -0.4 is 5.32 Å². The van der Waals surface area contributed by atoms with E-state index in [4.69, 9.17) is 0 Å². The summed E-state index contributed by atoms with van der Waals surface area (Å²) < 4.78 is 0. The van der Waals surface area contributed by atoms with E-state index >= 15 is 0 Å². The minimum absolute atomic E-state index is 0.0512. The average molecular weight is 232 g/mol. The van der Waals surface area contributed by atoms with Crippen LogP contribution in [-0.2, 0) is 0 Å². The van der Waals surface area contributed by atoms with Crippen LogP contribution in [0.2, 0.25) is 0 Å². The van der Waals surface area contributed by atoms with Gasteiger partial charge in [0.1, 0.15) is 0 Å². The number of benzene rings is 1. The van der Waals surface area contributed by atoms with Crippen LogP contribution in [0, 0.1) is 0 Å². The predicted octanol–water partition coefficient (Wildman–Crippen LogP) is 2.59. The van der Waals surface area contributed by atoms with Gasteiger partial charge in [-0.3, -0.25) is 0 Å². The molecule has 1 aromatic carbocycles. The van der Waals surface area contributed by atoms with Gasteiger partial charge in [0.15, 0.2) is 0 Å². The van der Waals surface area contributed by atoms with Crippen molar-refractivity contribution in [2.75, 3.05) is 13.6 Å². The Balaban J connectivity index is 1.82. The Kier molecular flexibility index (Phi) is 3.67. The van der Waals surface area contributed by atoms with E-state index in [2.05, 4.69) is 36.5 Å². The summed E-state index contributed by atoms with van der Waals surface area (Å²) in [6.45, 7) is 2.89. The summed E-state index contributed by atoms with van der Waals surface area (Å²) in [4.78, 5) is 13.5. The quantitative estimate of drug-likeness (QED) is 0.850. The van der Waals surface area contributed by atoms with Crippen LogP contribution in [0.15, 0.2) is 30.3 Å². The molecule has 0 radical (unpaired) electrons. The van der Waals surface area contributed by atoms with Crippen LogP contribution in [0.1, 0.15) is 31.2 Å². The first-order valence-corrected chi connectivity index (χ1v) is 6.29. The Labute approximate surface area is 103 Å². The molecule has 0 unspecified atom stereocenters. The molecule has 3 nitrogen and oxygen atoms in total. The van der Waals surface area contributed by atoms with Crippen LogP contribution in [0.4, 0.5) is 4.79 Å². The van der Waals surface area contributed by atoms with E-state index in [1.165, 1.54) is 5.56 Å². The fourth-order valence-corrected chi connectivity index (χ4v) is 2.13. The number of amides is 2. The fraction of sp³-hybridized carbons (Fsp3) is 0.500. The summed E-state index contributed by atoms with van der Waals surface area (Å²) in [5.74, 6) is 0.509. The van der Waals surface area contributed by atoms with Gasteiger partial charge in [-0.2, -0.15) is 0 Å². The molecule has 1 fully saturated rings. The highest BCUT2D eigenvalue weighted by atomic mass is 16.2. The first kappa shape index (κ1) is 12.0. The molecular formula is C14H20N2O. The largest absolute Gasteiger partial charge is 0.335 e. The zero-order valence-corrected chi connectivity index (χ0v) is 10.5. The highest BCUT2D eigenvalue weighted by Crippen LogP contribution is 2.40. The molecule has 3 heteroatoms. The molecule has 17 heavy (non-hydrogen) atoms. The molecule has 0 heterocycles. The Morgan fingerprint density at radius 2 is 2.12 bits per heavy atom. The Bertz CT molecular complexity index is 377. The maximum absolute atomic E-state index is 11.8. The highest BCUT2D eigenvalue weighted by molar-refractivity contribution is 5.74. The van der Waals surface area contributed by atoms with Crippen molar-refractivity contribution in [2.24, 2.45) is 0 Å². The number of rotatable bonds is 4. The van der Waals surface area contributed by atoms with Gasteiger partial charge >= 0.3 is 6.03 Å². The number of nitrogens with zero attached hydrogens (tertiary/aromatic N) is 1. The first-order chi connectivity index (χ1) is 8.22. The lowest BCUT2D eigenvalue weighted by Crippen LogP contribution is -2.39. The van der Waals surface area contributed by atoms with E-state index in [-0.39, 0.29) is 6.03 Å². The second-order valence-corrected chi connectivity index (χ2v) is 4.73. The molecular weight excluding hydrogens is 212 g/mol. The van der Waals surface area contributed by atoms with Crippen molar-refractivity contribution in [3.05, 3.63) is 35.9 Å². The van der Waals surface area contributed by atoms with E-state index in [0.29, 0.717) is 12.0 Å². The third-order valence-electron chi connectivity index (χ3n) is 3.23. The molecule has 1 aromatic rings. The van der Waals surface area contributed by atoms with E-state index in [1.54, 1.807) is 4.90 Å². The smallest absolute Gasteiger partial charge is 0.317 e. The lowest BCUT2D eigenvalue weighted by atomic mass is 10.1. The second kappa shape index (κ2) is 5.21. The van der Waals surface area contributed by atoms with Gasteiger partial charge in [-0.25, -0.2) is 4.79 Å². The summed E-state index contributed by atoms with van der Waals surface area (Å²) in [5, 5.41) is 3.07. The molecule has 2 amide bonds. The average Bonchev–Trinajstić information content (AvgIpc) is 3.10. The molecule has 0 aliphatic heterocycles. The van der Waals surface area contributed by atoms with Gasteiger partial charge in [0.05, 0.1) is 0 Å². The van der Waals surface area contributed by atoms with Crippen LogP contribution in [0.5, 0.6) is 0 Å². The Hall–Kier alpha value is -1.51. The van der Waals surface area contributed by atoms with Crippen molar-refractivity contribution < 1.29 is 4.79 Å². The van der Waals surface area contributed by atoms with Gasteiger partial charge in [-0.05, 0) is 18.4 Å². The van der Waals surface area contributed by atoms with E-state index in [0.717, 1.165) is 19.4 Å². The first-order valence-electron chi connectivity index (χ1n) is 6.29. The van der Waals surface area contributed by atoms with Gasteiger partial charge in [-0.1, -0.05) is 37.3 Å². The number of carbonyl (C=O) groups is 1. The lowest BCUT2D eigenvalue weighted by molar-refractivity contribution is 0.208. The third kappa shape index (κ3) is 2.99. The zero-order chi connectivity index (χ0) is 12.3. The van der Waals surface area contributed by atoms with Gasteiger partial charge in [-0.15, -0.1) is 0 Å². The van der Waals surface area contributed by atoms with Crippen molar-refractivity contribution in [2.45, 2.75) is 31.7 Å². The molecule has 1 aliphatic rings. The number of hydrogen-bond donors (Lipinski definition) is 1. The second-order valence-electron chi connectivity index (χ2n) is 4.73. The molecule has 1 aliphatic carbocycles. The molecule has 0 aromatic heterocycles. The lowest BCUT2D eigenvalue weighted by Gasteiger charge is -2.16. The van der Waals surface area contributed by atoms with Gasteiger partial charge < -0.3 is 10.2 Å². The summed E-state index contributed by atoms with van der Waals surface area (Å²) in [6, 6.07) is 10.8. The normalized spacial score (nSPS) is 22.0. The van der Waals surface area contributed by atoms with Crippen molar-refractivity contribution in [3.8, 4) is 0 Å². The summed E-state index contributed by atoms with van der Waals surface area (Å²) in [7, 11) is 1.85. The minimum Gasteiger partial charge on any atom is -0.335 e. The van der Waals surface area contributed by atoms with Crippen molar-refractivity contribution in [3.63, 3.8) is 0 Å². The maximum atomic E-state index is 11.8. The number of nitrogens with one attached hydrogen (secondary N) is 1. The van der Waals surface area contributed by atoms with Crippen molar-refractivity contribution in [1.82, 2.24) is 10.2 Å². The van der Waals surface area contributed by atoms with E-state index < -0.39 is 0 Å². The molecule has 1 saturated carbocycles. The summed E-state index contributed by atoms with van der Waals surface area (Å²) in [5.41, 5.74) is 1.33. The molecule has 0 saturated heterocycles.